The lowest BCUT2D eigenvalue weighted by molar-refractivity contribution is -0.140. The van der Waals surface area contributed by atoms with Crippen molar-refractivity contribution in [3.8, 4) is 0 Å². The second-order valence-electron chi connectivity index (χ2n) is 2.80. The van der Waals surface area contributed by atoms with E-state index in [0.29, 0.717) is 0 Å². The topological polar surface area (TPSA) is 67.9 Å². The van der Waals surface area contributed by atoms with Crippen LogP contribution in [0.1, 0.15) is 13.8 Å². The molecule has 1 aliphatic heterocycles. The van der Waals surface area contributed by atoms with Gasteiger partial charge in [0.1, 0.15) is 0 Å². The maximum atomic E-state index is 11.5. The molecule has 0 saturated heterocycles. The molecule has 0 unspecified atom stereocenters. The Balaban J connectivity index is 2.77. The molecule has 16 heavy (non-hydrogen) atoms. The Labute approximate surface area is 93.5 Å². The van der Waals surface area contributed by atoms with E-state index in [1.165, 1.54) is 18.6 Å². The third kappa shape index (κ3) is 2.75. The Morgan fingerprint density at radius 1 is 1.31 bits per heavy atom. The first-order chi connectivity index (χ1) is 7.70. The lowest BCUT2D eigenvalue weighted by Crippen LogP contribution is -2.34. The van der Waals surface area contributed by atoms with Crippen molar-refractivity contribution in [1.29, 1.82) is 0 Å². The molecule has 6 nitrogen and oxygen atoms in total. The number of ether oxygens (including phenoxy) is 2. The molecule has 0 bridgehead atoms. The summed E-state index contributed by atoms with van der Waals surface area (Å²) in [6, 6.07) is 0. The average Bonchev–Trinajstić information content (AvgIpc) is 2.30. The van der Waals surface area contributed by atoms with Crippen LogP contribution in [-0.2, 0) is 14.3 Å². The fraction of sp³-hybridized carbons (Fsp3) is 0.400. The molecule has 0 spiro atoms. The van der Waals surface area contributed by atoms with Gasteiger partial charge in [0, 0.05) is 18.6 Å². The second kappa shape index (κ2) is 5.79. The molecule has 0 atom stereocenters. The number of carbonyl (C=O) groups is 2. The van der Waals surface area contributed by atoms with Crippen molar-refractivity contribution in [2.75, 3.05) is 13.2 Å². The van der Waals surface area contributed by atoms with Gasteiger partial charge in [-0.1, -0.05) is 0 Å². The van der Waals surface area contributed by atoms with Crippen LogP contribution in [-0.4, -0.2) is 30.2 Å². The van der Waals surface area contributed by atoms with Crippen molar-refractivity contribution < 1.29 is 19.1 Å². The van der Waals surface area contributed by atoms with Gasteiger partial charge in [-0.15, -0.1) is 0 Å². The summed E-state index contributed by atoms with van der Waals surface area (Å²) in [6.45, 7) is 3.88. The van der Waals surface area contributed by atoms with Gasteiger partial charge >= 0.3 is 12.1 Å². The maximum Gasteiger partial charge on any atom is 0.418 e. The van der Waals surface area contributed by atoms with E-state index >= 15 is 0 Å². The summed E-state index contributed by atoms with van der Waals surface area (Å²) in [5.41, 5.74) is 0.0998. The van der Waals surface area contributed by atoms with Crippen molar-refractivity contribution >= 4 is 12.1 Å². The molecular weight excluding hydrogens is 212 g/mol. The van der Waals surface area contributed by atoms with Crippen LogP contribution in [0.5, 0.6) is 0 Å². The minimum atomic E-state index is -0.612. The molecule has 1 rings (SSSR count). The predicted molar refractivity (Wildman–Crippen MR) is 55.9 cm³/mol. The van der Waals surface area contributed by atoms with Crippen molar-refractivity contribution in [1.82, 2.24) is 10.2 Å². The van der Waals surface area contributed by atoms with E-state index in [2.05, 4.69) is 5.32 Å². The van der Waals surface area contributed by atoms with Gasteiger partial charge in [-0.05, 0) is 13.8 Å². The van der Waals surface area contributed by atoms with Gasteiger partial charge in [-0.3, -0.25) is 0 Å². The quantitative estimate of drug-likeness (QED) is 0.725. The number of esters is 1. The molecule has 1 aliphatic rings. The number of carbonyl (C=O) groups excluding carboxylic acids is 2. The first-order valence-electron chi connectivity index (χ1n) is 4.96. The van der Waals surface area contributed by atoms with Gasteiger partial charge in [0.05, 0.1) is 13.2 Å². The number of amides is 1. The molecule has 0 aromatic carbocycles. The molecule has 1 amide bonds. The van der Waals surface area contributed by atoms with Crippen LogP contribution in [0.2, 0.25) is 0 Å². The first kappa shape index (κ1) is 12.1. The van der Waals surface area contributed by atoms with Gasteiger partial charge in [0.2, 0.25) is 0 Å². The van der Waals surface area contributed by atoms with E-state index in [1.54, 1.807) is 13.8 Å². The van der Waals surface area contributed by atoms with Crippen LogP contribution < -0.4 is 5.32 Å². The Morgan fingerprint density at radius 2 is 2.00 bits per heavy atom. The molecule has 0 aromatic rings. The summed E-state index contributed by atoms with van der Waals surface area (Å²) in [5.74, 6) is -0.576. The van der Waals surface area contributed by atoms with E-state index in [-0.39, 0.29) is 18.9 Å². The Morgan fingerprint density at radius 3 is 2.62 bits per heavy atom. The Hall–Kier alpha value is -1.98. The molecule has 0 aromatic heterocycles. The average molecular weight is 226 g/mol. The predicted octanol–water partition coefficient (Wildman–Crippen LogP) is 0.924. The highest BCUT2D eigenvalue weighted by Gasteiger charge is 2.25. The third-order valence-electron chi connectivity index (χ3n) is 1.75. The summed E-state index contributed by atoms with van der Waals surface area (Å²) >= 11 is 0. The van der Waals surface area contributed by atoms with Gasteiger partial charge in [0.15, 0.2) is 5.70 Å². The van der Waals surface area contributed by atoms with Crippen LogP contribution in [0.15, 0.2) is 24.3 Å². The summed E-state index contributed by atoms with van der Waals surface area (Å²) in [7, 11) is 0. The van der Waals surface area contributed by atoms with Crippen LogP contribution in [0.4, 0.5) is 4.79 Å². The van der Waals surface area contributed by atoms with Gasteiger partial charge in [0.25, 0.3) is 0 Å². The highest BCUT2D eigenvalue weighted by atomic mass is 16.6. The number of nitrogens with one attached hydrogen (secondary N) is 1. The van der Waals surface area contributed by atoms with Crippen LogP contribution in [0, 0.1) is 0 Å². The largest absolute Gasteiger partial charge is 0.461 e. The number of rotatable bonds is 3. The summed E-state index contributed by atoms with van der Waals surface area (Å²) in [6.07, 6.45) is 3.69. The fourth-order valence-electron chi connectivity index (χ4n) is 1.11. The molecule has 88 valence electrons. The van der Waals surface area contributed by atoms with E-state index in [4.69, 9.17) is 9.47 Å². The Bertz CT molecular complexity index is 336. The molecule has 0 radical (unpaired) electrons. The van der Waals surface area contributed by atoms with E-state index < -0.39 is 12.1 Å². The van der Waals surface area contributed by atoms with Crippen molar-refractivity contribution in [2.24, 2.45) is 0 Å². The van der Waals surface area contributed by atoms with Gasteiger partial charge < -0.3 is 14.8 Å². The lowest BCUT2D eigenvalue weighted by Gasteiger charge is -2.21. The van der Waals surface area contributed by atoms with Crippen LogP contribution >= 0.6 is 0 Å². The second-order valence-corrected chi connectivity index (χ2v) is 2.80. The zero-order valence-corrected chi connectivity index (χ0v) is 9.23. The maximum absolute atomic E-state index is 11.5. The minimum absolute atomic E-state index is 0.0998. The summed E-state index contributed by atoms with van der Waals surface area (Å²) < 4.78 is 9.61. The first-order valence-corrected chi connectivity index (χ1v) is 4.96. The lowest BCUT2D eigenvalue weighted by atomic mass is 10.4. The molecule has 0 saturated carbocycles. The molecule has 6 heteroatoms. The number of hydrogen-bond donors (Lipinski definition) is 1. The number of nitrogens with zero attached hydrogens (tertiary/aromatic N) is 1. The zero-order valence-electron chi connectivity index (χ0n) is 9.23. The summed E-state index contributed by atoms with van der Waals surface area (Å²) in [4.78, 5) is 24.1. The highest BCUT2D eigenvalue weighted by molar-refractivity contribution is 5.93. The van der Waals surface area contributed by atoms with Crippen molar-refractivity contribution in [3.63, 3.8) is 0 Å². The molecular formula is C10H14N2O4. The monoisotopic (exact) mass is 226 g/mol. The number of hydrogen-bond acceptors (Lipinski definition) is 5. The third-order valence-corrected chi connectivity index (χ3v) is 1.75. The SMILES string of the molecule is CCOC(=O)C1=CNC=CN1C(=O)OCC. The van der Waals surface area contributed by atoms with Crippen molar-refractivity contribution in [3.05, 3.63) is 24.3 Å². The molecule has 0 aliphatic carbocycles. The standard InChI is InChI=1S/C10H14N2O4/c1-3-15-9(13)8-7-11-5-6-12(8)10(14)16-4-2/h5-7,11H,3-4H2,1-2H3. The highest BCUT2D eigenvalue weighted by Crippen LogP contribution is 2.12. The van der Waals surface area contributed by atoms with E-state index in [1.807, 2.05) is 0 Å². The fourth-order valence-corrected chi connectivity index (χ4v) is 1.11. The van der Waals surface area contributed by atoms with E-state index in [9.17, 15) is 9.59 Å². The van der Waals surface area contributed by atoms with E-state index in [0.717, 1.165) is 4.90 Å². The van der Waals surface area contributed by atoms with Crippen LogP contribution in [0.3, 0.4) is 0 Å². The summed E-state index contributed by atoms with van der Waals surface area (Å²) in [5, 5.41) is 2.71. The normalized spacial score (nSPS) is 13.9. The zero-order chi connectivity index (χ0) is 12.0. The molecule has 1 heterocycles. The van der Waals surface area contributed by atoms with Crippen molar-refractivity contribution in [2.45, 2.75) is 13.8 Å². The minimum Gasteiger partial charge on any atom is -0.461 e. The molecule has 0 fully saturated rings. The smallest absolute Gasteiger partial charge is 0.418 e. The molecule has 1 N–H and O–H groups in total. The Kier molecular flexibility index (Phi) is 4.38. The van der Waals surface area contributed by atoms with Gasteiger partial charge in [-0.2, -0.15) is 0 Å². The van der Waals surface area contributed by atoms with Gasteiger partial charge in [-0.25, -0.2) is 14.5 Å². The van der Waals surface area contributed by atoms with Crippen LogP contribution in [0.25, 0.3) is 0 Å².